The second-order valence-corrected chi connectivity index (χ2v) is 11.7. The van der Waals surface area contributed by atoms with Gasteiger partial charge in [-0.1, -0.05) is 6.07 Å². The molecule has 0 radical (unpaired) electrons. The number of urea groups is 1. The fourth-order valence-corrected chi connectivity index (χ4v) is 6.68. The molecule has 0 N–H and O–H groups in total. The van der Waals surface area contributed by atoms with Crippen LogP contribution in [-0.2, 0) is 14.8 Å². The van der Waals surface area contributed by atoms with Crippen LogP contribution in [0.5, 0.6) is 0 Å². The Labute approximate surface area is 216 Å². The number of likely N-dealkylation sites (N-methyl/N-ethyl adjacent to an activating group) is 1. The Morgan fingerprint density at radius 1 is 1.00 bits per heavy atom. The summed E-state index contributed by atoms with van der Waals surface area (Å²) in [5.74, 6) is 0.289. The molecular weight excluding hydrogens is 496 g/mol. The van der Waals surface area contributed by atoms with Gasteiger partial charge in [-0.05, 0) is 49.6 Å². The molecule has 1 aromatic carbocycles. The van der Waals surface area contributed by atoms with Gasteiger partial charge in [0.2, 0.25) is 15.9 Å². The van der Waals surface area contributed by atoms with E-state index in [0.717, 1.165) is 21.8 Å². The van der Waals surface area contributed by atoms with E-state index in [9.17, 15) is 22.8 Å². The summed E-state index contributed by atoms with van der Waals surface area (Å²) in [6.45, 7) is 6.27. The van der Waals surface area contributed by atoms with Gasteiger partial charge in [-0.25, -0.2) is 18.2 Å². The lowest BCUT2D eigenvalue weighted by molar-refractivity contribution is -0.123. The summed E-state index contributed by atoms with van der Waals surface area (Å²) in [5.41, 5.74) is 3.05. The van der Waals surface area contributed by atoms with Gasteiger partial charge in [-0.2, -0.15) is 0 Å². The van der Waals surface area contributed by atoms with Crippen LogP contribution in [-0.4, -0.2) is 93.1 Å². The maximum Gasteiger partial charge on any atom is 0.331 e. The van der Waals surface area contributed by atoms with Gasteiger partial charge in [-0.15, -0.1) is 0 Å². The largest absolute Gasteiger partial charge is 0.353 e. The number of carbonyl (C=O) groups excluding carboxylic acids is 3. The van der Waals surface area contributed by atoms with Crippen LogP contribution in [0.3, 0.4) is 0 Å². The quantitative estimate of drug-likeness (QED) is 0.556. The van der Waals surface area contributed by atoms with E-state index < -0.39 is 22.0 Å². The number of hydrogen-bond acceptors (Lipinski definition) is 7. The summed E-state index contributed by atoms with van der Waals surface area (Å²) in [4.78, 5) is 49.5. The number of piperazine rings is 1. The zero-order chi connectivity index (χ0) is 26.5. The van der Waals surface area contributed by atoms with Crippen molar-refractivity contribution < 1.29 is 22.8 Å². The molecule has 3 aliphatic rings. The number of anilines is 3. The van der Waals surface area contributed by atoms with Gasteiger partial charge in [0, 0.05) is 46.0 Å². The topological polar surface area (TPSA) is 114 Å². The van der Waals surface area contributed by atoms with Crippen LogP contribution in [0.25, 0.3) is 0 Å². The van der Waals surface area contributed by atoms with Crippen molar-refractivity contribution in [1.82, 2.24) is 14.8 Å². The molecule has 0 bridgehead atoms. The molecule has 5 rings (SSSR count). The number of amides is 4. The first-order valence-corrected chi connectivity index (χ1v) is 13.9. The van der Waals surface area contributed by atoms with Crippen molar-refractivity contribution in [3.05, 3.63) is 47.2 Å². The number of benzene rings is 1. The highest BCUT2D eigenvalue weighted by molar-refractivity contribution is 7.93. The molecule has 1 aromatic heterocycles. The van der Waals surface area contributed by atoms with E-state index in [2.05, 4.69) is 16.0 Å². The second kappa shape index (κ2) is 9.33. The number of hydrogen-bond donors (Lipinski definition) is 0. The first-order chi connectivity index (χ1) is 17.6. The number of carbonyl (C=O) groups is 3. The van der Waals surface area contributed by atoms with Crippen LogP contribution >= 0.6 is 0 Å². The van der Waals surface area contributed by atoms with Gasteiger partial charge >= 0.3 is 6.03 Å². The third-order valence-corrected chi connectivity index (χ3v) is 9.00. The zero-order valence-corrected chi connectivity index (χ0v) is 22.0. The summed E-state index contributed by atoms with van der Waals surface area (Å²) >= 11 is 0. The van der Waals surface area contributed by atoms with Crippen molar-refractivity contribution in [3.63, 3.8) is 0 Å². The lowest BCUT2D eigenvalue weighted by Gasteiger charge is -2.36. The Balaban J connectivity index is 1.43. The molecule has 4 heterocycles. The normalized spacial score (nSPS) is 19.8. The minimum Gasteiger partial charge on any atom is -0.353 e. The molecule has 196 valence electrons. The van der Waals surface area contributed by atoms with E-state index in [1.165, 1.54) is 22.3 Å². The summed E-state index contributed by atoms with van der Waals surface area (Å²) in [6, 6.07) is 6.23. The third kappa shape index (κ3) is 4.50. The fraction of sp³-hybridized carbons (Fsp3) is 0.440. The van der Waals surface area contributed by atoms with Crippen molar-refractivity contribution in [2.24, 2.45) is 0 Å². The molecule has 3 saturated heterocycles. The van der Waals surface area contributed by atoms with Crippen molar-refractivity contribution in [3.8, 4) is 0 Å². The molecule has 0 unspecified atom stereocenters. The van der Waals surface area contributed by atoms with Gasteiger partial charge in [0.25, 0.3) is 5.91 Å². The van der Waals surface area contributed by atoms with Crippen molar-refractivity contribution in [2.75, 3.05) is 66.2 Å². The van der Waals surface area contributed by atoms with Crippen LogP contribution in [0, 0.1) is 13.8 Å². The predicted octanol–water partition coefficient (Wildman–Crippen LogP) is 1.60. The molecular formula is C25H30N6O5S. The summed E-state index contributed by atoms with van der Waals surface area (Å²) in [7, 11) is -2.07. The maximum atomic E-state index is 13.7. The van der Waals surface area contributed by atoms with E-state index >= 15 is 0 Å². The average Bonchev–Trinajstić information content (AvgIpc) is 3.36. The number of nitrogens with zero attached hydrogens (tertiary/aromatic N) is 6. The van der Waals surface area contributed by atoms with E-state index in [4.69, 9.17) is 0 Å². The highest BCUT2D eigenvalue weighted by Crippen LogP contribution is 2.33. The summed E-state index contributed by atoms with van der Waals surface area (Å²) < 4.78 is 26.3. The minimum absolute atomic E-state index is 0.0481. The SMILES string of the molecule is Cc1cnc(N2CCN(C(=O)c3ccc(N4CCCS4(=O)=O)cc3N3CC(=O)N(C)C3=O)CC2)c(C)c1. The molecule has 3 fully saturated rings. The van der Waals surface area contributed by atoms with Crippen LogP contribution < -0.4 is 14.1 Å². The number of pyridine rings is 1. The molecule has 0 aliphatic carbocycles. The molecule has 0 saturated carbocycles. The summed E-state index contributed by atoms with van der Waals surface area (Å²) in [6.07, 6.45) is 2.33. The van der Waals surface area contributed by atoms with E-state index in [0.29, 0.717) is 44.8 Å². The van der Waals surface area contributed by atoms with Crippen LogP contribution in [0.15, 0.2) is 30.5 Å². The fourth-order valence-electron chi connectivity index (χ4n) is 5.12. The van der Waals surface area contributed by atoms with E-state index in [-0.39, 0.29) is 29.5 Å². The highest BCUT2D eigenvalue weighted by atomic mass is 32.2. The van der Waals surface area contributed by atoms with Crippen molar-refractivity contribution in [1.29, 1.82) is 0 Å². The first kappa shape index (κ1) is 25.0. The Morgan fingerprint density at radius 2 is 1.73 bits per heavy atom. The van der Waals surface area contributed by atoms with Gasteiger partial charge in [0.15, 0.2) is 0 Å². The number of aryl methyl sites for hydroxylation is 2. The number of aromatic nitrogens is 1. The monoisotopic (exact) mass is 526 g/mol. The molecule has 2 aromatic rings. The Bertz CT molecular complexity index is 1390. The standard InChI is InChI=1S/C25H30N6O5S/c1-17-13-18(2)23(26-15-17)28-8-10-29(11-9-28)24(33)20-6-5-19(31-7-4-12-37(31,35)36)14-21(20)30-16-22(32)27(3)25(30)34/h5-6,13-15H,4,7-12,16H2,1-3H3. The molecule has 4 amide bonds. The average molecular weight is 527 g/mol. The highest BCUT2D eigenvalue weighted by Gasteiger charge is 2.38. The smallest absolute Gasteiger partial charge is 0.331 e. The van der Waals surface area contributed by atoms with Gasteiger partial charge in [-0.3, -0.25) is 23.7 Å². The third-order valence-electron chi connectivity index (χ3n) is 7.13. The molecule has 11 nitrogen and oxygen atoms in total. The molecule has 3 aliphatic heterocycles. The number of rotatable bonds is 4. The number of sulfonamides is 1. The minimum atomic E-state index is -3.46. The van der Waals surface area contributed by atoms with Crippen LogP contribution in [0.4, 0.5) is 22.0 Å². The van der Waals surface area contributed by atoms with Crippen LogP contribution in [0.2, 0.25) is 0 Å². The second-order valence-electron chi connectivity index (χ2n) is 9.70. The van der Waals surface area contributed by atoms with Gasteiger partial charge in [0.1, 0.15) is 12.4 Å². The lowest BCUT2D eigenvalue weighted by Crippen LogP contribution is -2.49. The Morgan fingerprint density at radius 3 is 2.32 bits per heavy atom. The molecule has 0 atom stereocenters. The van der Waals surface area contributed by atoms with Gasteiger partial charge < -0.3 is 9.80 Å². The van der Waals surface area contributed by atoms with Gasteiger partial charge in [0.05, 0.1) is 22.7 Å². The summed E-state index contributed by atoms with van der Waals surface area (Å²) in [5, 5.41) is 0. The van der Waals surface area contributed by atoms with Crippen LogP contribution in [0.1, 0.15) is 27.9 Å². The lowest BCUT2D eigenvalue weighted by atomic mass is 10.1. The Kier molecular flexibility index (Phi) is 6.30. The van der Waals surface area contributed by atoms with Crippen molar-refractivity contribution >= 4 is 45.1 Å². The predicted molar refractivity (Wildman–Crippen MR) is 140 cm³/mol. The van der Waals surface area contributed by atoms with E-state index in [1.54, 1.807) is 17.0 Å². The van der Waals surface area contributed by atoms with Crippen molar-refractivity contribution in [2.45, 2.75) is 20.3 Å². The molecule has 37 heavy (non-hydrogen) atoms. The first-order valence-electron chi connectivity index (χ1n) is 12.3. The zero-order valence-electron chi connectivity index (χ0n) is 21.2. The Hall–Kier alpha value is -3.67. The maximum absolute atomic E-state index is 13.7. The number of imide groups is 1. The molecule has 12 heteroatoms. The molecule has 0 spiro atoms. The van der Waals surface area contributed by atoms with E-state index in [1.807, 2.05) is 20.0 Å².